The van der Waals surface area contributed by atoms with Gasteiger partial charge in [0.2, 0.25) is 5.90 Å². The molecule has 1 aliphatic heterocycles. The lowest BCUT2D eigenvalue weighted by atomic mass is 9.84. The van der Waals surface area contributed by atoms with Gasteiger partial charge in [0, 0.05) is 36.0 Å². The second-order valence-corrected chi connectivity index (χ2v) is 11.3. The van der Waals surface area contributed by atoms with Gasteiger partial charge in [0.25, 0.3) is 5.91 Å². The van der Waals surface area contributed by atoms with E-state index >= 15 is 0 Å². The number of hydrazine groups is 1. The maximum Gasteiger partial charge on any atom is 0.266 e. The summed E-state index contributed by atoms with van der Waals surface area (Å²) in [6, 6.07) is 25.2. The number of rotatable bonds is 15. The molecule has 1 amide bonds. The van der Waals surface area contributed by atoms with Crippen molar-refractivity contribution in [3.8, 4) is 5.75 Å². The fourth-order valence-electron chi connectivity index (χ4n) is 4.63. The van der Waals surface area contributed by atoms with Gasteiger partial charge in [-0.15, -0.1) is 0 Å². The second-order valence-electron chi connectivity index (χ2n) is 10.4. The normalized spacial score (nSPS) is 18.2. The third-order valence-corrected chi connectivity index (χ3v) is 7.38. The summed E-state index contributed by atoms with van der Waals surface area (Å²) in [5, 5.41) is 9.03. The molecular weight excluding hydrogens is 596 g/mol. The quantitative estimate of drug-likeness (QED) is 0.158. The van der Waals surface area contributed by atoms with Crippen LogP contribution < -0.4 is 15.6 Å². The van der Waals surface area contributed by atoms with Gasteiger partial charge >= 0.3 is 0 Å². The van der Waals surface area contributed by atoms with E-state index in [1.807, 2.05) is 105 Å². The molecule has 0 spiro atoms. The van der Waals surface area contributed by atoms with Crippen LogP contribution in [0.4, 0.5) is 0 Å². The number of hydrogen-bond donors (Lipinski definition) is 3. The minimum Gasteiger partial charge on any atom is -0.494 e. The highest BCUT2D eigenvalue weighted by Crippen LogP contribution is 2.43. The van der Waals surface area contributed by atoms with Crippen molar-refractivity contribution in [1.29, 1.82) is 0 Å². The lowest BCUT2D eigenvalue weighted by Gasteiger charge is -2.30. The number of carbonyl (C=O) groups is 1. The molecule has 1 aliphatic rings. The summed E-state index contributed by atoms with van der Waals surface area (Å²) in [6.07, 6.45) is 5.08. The number of aliphatic imine (C=N–C) groups is 1. The van der Waals surface area contributed by atoms with E-state index in [4.69, 9.17) is 19.6 Å². The van der Waals surface area contributed by atoms with Crippen LogP contribution in [0.15, 0.2) is 94.4 Å². The first-order valence-corrected chi connectivity index (χ1v) is 15.0. The predicted octanol–water partition coefficient (Wildman–Crippen LogP) is 5.14. The molecule has 3 N–H and O–H groups in total. The number of halogens is 1. The lowest BCUT2D eigenvalue weighted by Crippen LogP contribution is -2.52. The number of aliphatic hydroxyl groups is 1. The molecule has 0 fully saturated rings. The third-order valence-electron chi connectivity index (χ3n) is 6.85. The van der Waals surface area contributed by atoms with Gasteiger partial charge in [-0.3, -0.25) is 10.2 Å². The molecule has 9 heteroatoms. The minimum atomic E-state index is -1.26. The Bertz CT molecular complexity index is 1330. The molecule has 0 aliphatic carbocycles. The van der Waals surface area contributed by atoms with E-state index in [1.54, 1.807) is 0 Å². The first kappa shape index (κ1) is 31.4. The summed E-state index contributed by atoms with van der Waals surface area (Å²) in [7, 11) is 4.05. The van der Waals surface area contributed by atoms with Crippen molar-refractivity contribution >= 4 is 33.8 Å². The van der Waals surface area contributed by atoms with Crippen molar-refractivity contribution in [2.45, 2.75) is 30.9 Å². The first-order chi connectivity index (χ1) is 20.4. The van der Waals surface area contributed by atoms with Gasteiger partial charge in [0.15, 0.2) is 11.6 Å². The number of nitrogens with one attached hydrogen (secondary N) is 2. The molecule has 2 atom stereocenters. The summed E-state index contributed by atoms with van der Waals surface area (Å²) in [4.78, 5) is 21.2. The molecule has 0 aromatic heterocycles. The Labute approximate surface area is 256 Å². The van der Waals surface area contributed by atoms with Gasteiger partial charge in [-0.25, -0.2) is 10.4 Å². The SMILES string of the molecule is CN(C)CCCNNC(=O)[C@@]1(C/C=C/c2ccccc2)N=C(c2ccc(OCCCO)cc2)O[C@H]1c1ccc(Br)cc1. The van der Waals surface area contributed by atoms with Gasteiger partial charge in [-0.1, -0.05) is 70.5 Å². The monoisotopic (exact) mass is 634 g/mol. The standard InChI is InChI=1S/C33H39BrN4O4/c1-38(2)22-7-21-35-37-32(40)33(20-6-11-25-9-4-3-5-10-25)30(26-12-16-28(34)17-13-26)42-31(36-33)27-14-18-29(19-15-27)41-24-8-23-39/h3-6,9-19,30,35,39H,7-8,20-24H2,1-2H3,(H,37,40)/b11-6+/t30-,33-/m0/s1. The van der Waals surface area contributed by atoms with E-state index in [2.05, 4.69) is 31.7 Å². The van der Waals surface area contributed by atoms with Crippen LogP contribution >= 0.6 is 15.9 Å². The predicted molar refractivity (Wildman–Crippen MR) is 170 cm³/mol. The molecule has 3 aromatic carbocycles. The molecule has 1 heterocycles. The van der Waals surface area contributed by atoms with Crippen LogP contribution in [-0.2, 0) is 9.53 Å². The Morgan fingerprint density at radius 1 is 1.07 bits per heavy atom. The fourth-order valence-corrected chi connectivity index (χ4v) is 4.89. The van der Waals surface area contributed by atoms with Crippen LogP contribution in [0.3, 0.4) is 0 Å². The van der Waals surface area contributed by atoms with E-state index in [0.29, 0.717) is 37.6 Å². The number of hydrogen-bond acceptors (Lipinski definition) is 7. The highest BCUT2D eigenvalue weighted by molar-refractivity contribution is 9.10. The Balaban J connectivity index is 1.67. The smallest absolute Gasteiger partial charge is 0.266 e. The zero-order chi connectivity index (χ0) is 29.8. The summed E-state index contributed by atoms with van der Waals surface area (Å²) < 4.78 is 13.2. The lowest BCUT2D eigenvalue weighted by molar-refractivity contribution is -0.129. The van der Waals surface area contributed by atoms with Gasteiger partial charge in [-0.05, 0) is 74.6 Å². The van der Waals surface area contributed by atoms with Crippen LogP contribution in [-0.4, -0.2) is 67.7 Å². The summed E-state index contributed by atoms with van der Waals surface area (Å²) in [5.74, 6) is 0.810. The van der Waals surface area contributed by atoms with Crippen LogP contribution in [0.1, 0.15) is 42.1 Å². The number of ether oxygens (including phenoxy) is 2. The summed E-state index contributed by atoms with van der Waals surface area (Å²) in [5.41, 5.74) is 7.39. The molecule has 42 heavy (non-hydrogen) atoms. The topological polar surface area (TPSA) is 95.4 Å². The van der Waals surface area contributed by atoms with Gasteiger partial charge in [0.05, 0.1) is 6.61 Å². The van der Waals surface area contributed by atoms with Crippen molar-refractivity contribution in [1.82, 2.24) is 15.8 Å². The van der Waals surface area contributed by atoms with Gasteiger partial charge in [-0.2, -0.15) is 0 Å². The number of aliphatic hydroxyl groups excluding tert-OH is 1. The Kier molecular flexibility index (Phi) is 11.7. The van der Waals surface area contributed by atoms with E-state index in [0.717, 1.165) is 34.1 Å². The van der Waals surface area contributed by atoms with Crippen molar-refractivity contribution in [2.75, 3.05) is 40.4 Å². The number of amides is 1. The number of carbonyl (C=O) groups excluding carboxylic acids is 1. The molecule has 4 rings (SSSR count). The molecule has 0 unspecified atom stereocenters. The molecule has 0 radical (unpaired) electrons. The number of nitrogens with zero attached hydrogens (tertiary/aromatic N) is 2. The van der Waals surface area contributed by atoms with Crippen LogP contribution in [0.2, 0.25) is 0 Å². The zero-order valence-corrected chi connectivity index (χ0v) is 25.7. The largest absolute Gasteiger partial charge is 0.494 e. The minimum absolute atomic E-state index is 0.0769. The first-order valence-electron chi connectivity index (χ1n) is 14.2. The molecule has 0 bridgehead atoms. The maximum atomic E-state index is 14.1. The molecule has 0 saturated carbocycles. The van der Waals surface area contributed by atoms with Gasteiger partial charge < -0.3 is 19.5 Å². The summed E-state index contributed by atoms with van der Waals surface area (Å²) >= 11 is 3.52. The van der Waals surface area contributed by atoms with Crippen molar-refractivity contribution in [3.05, 3.63) is 106 Å². The molecule has 3 aromatic rings. The van der Waals surface area contributed by atoms with Crippen molar-refractivity contribution in [2.24, 2.45) is 4.99 Å². The van der Waals surface area contributed by atoms with Gasteiger partial charge in [0.1, 0.15) is 5.75 Å². The molecule has 222 valence electrons. The van der Waals surface area contributed by atoms with E-state index < -0.39 is 11.6 Å². The Morgan fingerprint density at radius 3 is 2.50 bits per heavy atom. The van der Waals surface area contributed by atoms with Crippen LogP contribution in [0.25, 0.3) is 6.08 Å². The average molecular weight is 636 g/mol. The van der Waals surface area contributed by atoms with Crippen molar-refractivity contribution in [3.63, 3.8) is 0 Å². The number of benzene rings is 3. The second kappa shape index (κ2) is 15.7. The fraction of sp³-hybridized carbons (Fsp3) is 0.333. The Hall–Kier alpha value is -3.50. The van der Waals surface area contributed by atoms with E-state index in [9.17, 15) is 4.79 Å². The van der Waals surface area contributed by atoms with Crippen LogP contribution in [0.5, 0.6) is 5.75 Å². The molecule has 0 saturated heterocycles. The Morgan fingerprint density at radius 2 is 1.81 bits per heavy atom. The average Bonchev–Trinajstić information content (AvgIpc) is 3.39. The summed E-state index contributed by atoms with van der Waals surface area (Å²) in [6.45, 7) is 2.03. The molecule has 8 nitrogen and oxygen atoms in total. The third kappa shape index (κ3) is 8.51. The highest BCUT2D eigenvalue weighted by Gasteiger charge is 2.52. The van der Waals surface area contributed by atoms with Crippen molar-refractivity contribution < 1.29 is 19.4 Å². The van der Waals surface area contributed by atoms with Crippen LogP contribution in [0, 0.1) is 0 Å². The van der Waals surface area contributed by atoms with E-state index in [1.165, 1.54) is 0 Å². The van der Waals surface area contributed by atoms with E-state index in [-0.39, 0.29) is 12.5 Å². The maximum absolute atomic E-state index is 14.1. The highest BCUT2D eigenvalue weighted by atomic mass is 79.9. The zero-order valence-electron chi connectivity index (χ0n) is 24.1. The molecular formula is C33H39BrN4O4.